The second-order valence-corrected chi connectivity index (χ2v) is 8.80. The summed E-state index contributed by atoms with van der Waals surface area (Å²) in [5.74, 6) is -1.01. The number of benzene rings is 3. The number of hydrogen-bond donors (Lipinski definition) is 1. The minimum Gasteiger partial charge on any atom is -0.421 e. The average Bonchev–Trinajstić information content (AvgIpc) is 2.75. The van der Waals surface area contributed by atoms with Gasteiger partial charge in [0.15, 0.2) is 11.4 Å². The number of amides is 1. The van der Waals surface area contributed by atoms with Crippen molar-refractivity contribution >= 4 is 71.8 Å². The Morgan fingerprint density at radius 1 is 0.903 bits per heavy atom. The number of hydrogen-bond acceptors (Lipinski definition) is 4. The molecule has 1 N–H and O–H groups in total. The number of rotatable bonds is 4. The van der Waals surface area contributed by atoms with Gasteiger partial charge in [0.25, 0.3) is 5.91 Å². The summed E-state index contributed by atoms with van der Waals surface area (Å²) in [5.41, 5.74) is 0.237. The molecule has 154 valence electrons. The fourth-order valence-electron chi connectivity index (χ4n) is 3.06. The van der Waals surface area contributed by atoms with Gasteiger partial charge in [0, 0.05) is 26.0 Å². The molecule has 1 aromatic heterocycles. The fraction of sp³-hybridized carbons (Fsp3) is 0. The van der Waals surface area contributed by atoms with E-state index in [1.54, 1.807) is 48.5 Å². The van der Waals surface area contributed by atoms with Crippen LogP contribution in [-0.2, 0) is 0 Å². The number of anilines is 1. The van der Waals surface area contributed by atoms with Crippen molar-refractivity contribution in [2.75, 3.05) is 5.32 Å². The summed E-state index contributed by atoms with van der Waals surface area (Å²) in [7, 11) is 0. The van der Waals surface area contributed by atoms with Gasteiger partial charge in [0.1, 0.15) is 5.56 Å². The molecule has 1 heterocycles. The molecular formula is C23H12Br2ClNO4. The van der Waals surface area contributed by atoms with Gasteiger partial charge in [0.2, 0.25) is 0 Å². The molecule has 5 nitrogen and oxygen atoms in total. The highest BCUT2D eigenvalue weighted by Gasteiger charge is 2.20. The minimum atomic E-state index is -0.794. The molecule has 4 aromatic rings. The van der Waals surface area contributed by atoms with Gasteiger partial charge in [-0.15, -0.1) is 0 Å². The Hall–Kier alpha value is -2.74. The predicted octanol–water partition coefficient (Wildman–Crippen LogP) is 6.45. The lowest BCUT2D eigenvalue weighted by molar-refractivity contribution is 0.102. The normalized spacial score (nSPS) is 10.8. The Balaban J connectivity index is 1.74. The summed E-state index contributed by atoms with van der Waals surface area (Å²) < 4.78 is 6.66. The minimum absolute atomic E-state index is 0.189. The van der Waals surface area contributed by atoms with Crippen LogP contribution in [-0.4, -0.2) is 11.7 Å². The first kappa shape index (κ1) is 21.5. The molecule has 0 fully saturated rings. The van der Waals surface area contributed by atoms with Crippen LogP contribution in [0.1, 0.15) is 26.3 Å². The lowest BCUT2D eigenvalue weighted by Gasteiger charge is -2.11. The van der Waals surface area contributed by atoms with E-state index in [0.717, 1.165) is 4.47 Å². The number of fused-ring (bicyclic) bond motifs is 1. The van der Waals surface area contributed by atoms with Gasteiger partial charge >= 0.3 is 5.63 Å². The summed E-state index contributed by atoms with van der Waals surface area (Å²) in [6.45, 7) is 0. The van der Waals surface area contributed by atoms with Crippen molar-refractivity contribution in [1.29, 1.82) is 0 Å². The zero-order valence-electron chi connectivity index (χ0n) is 15.6. The summed E-state index contributed by atoms with van der Waals surface area (Å²) in [4.78, 5) is 38.3. The van der Waals surface area contributed by atoms with E-state index in [4.69, 9.17) is 16.0 Å². The number of nitrogens with one attached hydrogen (secondary N) is 1. The van der Waals surface area contributed by atoms with Crippen LogP contribution in [0.3, 0.4) is 0 Å². The van der Waals surface area contributed by atoms with Crippen molar-refractivity contribution in [3.8, 4) is 0 Å². The van der Waals surface area contributed by atoms with Crippen molar-refractivity contribution in [3.63, 3.8) is 0 Å². The van der Waals surface area contributed by atoms with Gasteiger partial charge < -0.3 is 9.73 Å². The molecule has 0 aliphatic carbocycles. The van der Waals surface area contributed by atoms with Gasteiger partial charge in [-0.05, 0) is 52.3 Å². The van der Waals surface area contributed by atoms with Crippen molar-refractivity contribution in [2.45, 2.75) is 0 Å². The maximum absolute atomic E-state index is 13.0. The van der Waals surface area contributed by atoms with E-state index in [1.165, 1.54) is 18.2 Å². The quantitative estimate of drug-likeness (QED) is 0.229. The molecule has 0 saturated carbocycles. The molecule has 8 heteroatoms. The third kappa shape index (κ3) is 4.49. The molecule has 0 aliphatic rings. The SMILES string of the molecule is O=C(c1ccccc1)c1cc(Cl)ccc1NC(=O)c1cc2cc(Br)cc(Br)c2oc1=O. The highest BCUT2D eigenvalue weighted by atomic mass is 79.9. The van der Waals surface area contributed by atoms with Crippen molar-refractivity contribution in [3.05, 3.63) is 108 Å². The lowest BCUT2D eigenvalue weighted by atomic mass is 10.0. The first-order valence-electron chi connectivity index (χ1n) is 8.97. The van der Waals surface area contributed by atoms with Crippen LogP contribution in [0.15, 0.2) is 84.9 Å². The molecule has 0 atom stereocenters. The number of ketones is 1. The highest BCUT2D eigenvalue weighted by Crippen LogP contribution is 2.29. The van der Waals surface area contributed by atoms with Gasteiger partial charge in [-0.25, -0.2) is 4.79 Å². The zero-order chi connectivity index (χ0) is 22.1. The molecule has 0 aliphatic heterocycles. The first-order valence-corrected chi connectivity index (χ1v) is 10.9. The van der Waals surface area contributed by atoms with E-state index < -0.39 is 11.5 Å². The largest absolute Gasteiger partial charge is 0.421 e. The summed E-state index contributed by atoms with van der Waals surface area (Å²) in [6, 6.07) is 18.1. The molecule has 0 unspecified atom stereocenters. The van der Waals surface area contributed by atoms with E-state index >= 15 is 0 Å². The van der Waals surface area contributed by atoms with Gasteiger partial charge in [-0.3, -0.25) is 9.59 Å². The standard InChI is InChI=1S/C23H12Br2ClNO4/c24-14-8-13-9-17(23(30)31-21(13)18(25)10-14)22(29)27-19-7-6-15(26)11-16(19)20(28)12-4-2-1-3-5-12/h1-11H,(H,27,29). The molecule has 4 rings (SSSR count). The second-order valence-electron chi connectivity index (χ2n) is 6.59. The zero-order valence-corrected chi connectivity index (χ0v) is 19.5. The van der Waals surface area contributed by atoms with Gasteiger partial charge in [-0.1, -0.05) is 57.9 Å². The molecule has 31 heavy (non-hydrogen) atoms. The summed E-state index contributed by atoms with van der Waals surface area (Å²) in [6.07, 6.45) is 0. The smallest absolute Gasteiger partial charge is 0.349 e. The Morgan fingerprint density at radius 2 is 1.65 bits per heavy atom. The molecular weight excluding hydrogens is 550 g/mol. The van der Waals surface area contributed by atoms with Crippen molar-refractivity contribution < 1.29 is 14.0 Å². The second kappa shape index (κ2) is 8.78. The van der Waals surface area contributed by atoms with Crippen LogP contribution in [0.25, 0.3) is 11.0 Å². The van der Waals surface area contributed by atoms with Crippen LogP contribution in [0.4, 0.5) is 5.69 Å². The van der Waals surface area contributed by atoms with Crippen molar-refractivity contribution in [1.82, 2.24) is 0 Å². The van der Waals surface area contributed by atoms with Crippen LogP contribution in [0, 0.1) is 0 Å². The molecule has 0 bridgehead atoms. The van der Waals surface area contributed by atoms with Crippen molar-refractivity contribution in [2.24, 2.45) is 0 Å². The maximum atomic E-state index is 13.0. The number of carbonyl (C=O) groups is 2. The van der Waals surface area contributed by atoms with E-state index in [0.29, 0.717) is 26.0 Å². The Labute approximate surface area is 198 Å². The highest BCUT2D eigenvalue weighted by molar-refractivity contribution is 9.11. The summed E-state index contributed by atoms with van der Waals surface area (Å²) in [5, 5.41) is 3.54. The first-order chi connectivity index (χ1) is 14.8. The van der Waals surface area contributed by atoms with Crippen LogP contribution in [0.2, 0.25) is 5.02 Å². The number of carbonyl (C=O) groups excluding carboxylic acids is 2. The topological polar surface area (TPSA) is 76.4 Å². The molecule has 0 spiro atoms. The molecule has 0 saturated heterocycles. The summed E-state index contributed by atoms with van der Waals surface area (Å²) >= 11 is 12.8. The van der Waals surface area contributed by atoms with E-state index in [2.05, 4.69) is 37.2 Å². The van der Waals surface area contributed by atoms with E-state index in [-0.39, 0.29) is 22.6 Å². The van der Waals surface area contributed by atoms with E-state index in [9.17, 15) is 14.4 Å². The van der Waals surface area contributed by atoms with Crippen LogP contribution in [0.5, 0.6) is 0 Å². The van der Waals surface area contributed by atoms with Crippen LogP contribution >= 0.6 is 43.5 Å². The average molecular weight is 562 g/mol. The third-order valence-electron chi connectivity index (χ3n) is 4.51. The third-order valence-corrected chi connectivity index (χ3v) is 5.79. The fourth-order valence-corrected chi connectivity index (χ4v) is 4.57. The van der Waals surface area contributed by atoms with Gasteiger partial charge in [0.05, 0.1) is 10.2 Å². The maximum Gasteiger partial charge on any atom is 0.349 e. The Morgan fingerprint density at radius 3 is 2.39 bits per heavy atom. The van der Waals surface area contributed by atoms with E-state index in [1.807, 2.05) is 0 Å². The Kier molecular flexibility index (Phi) is 6.09. The monoisotopic (exact) mass is 559 g/mol. The molecule has 0 radical (unpaired) electrons. The lowest BCUT2D eigenvalue weighted by Crippen LogP contribution is -2.22. The van der Waals surface area contributed by atoms with Gasteiger partial charge in [-0.2, -0.15) is 0 Å². The molecule has 3 aromatic carbocycles. The Bertz CT molecular complexity index is 1400. The predicted molar refractivity (Wildman–Crippen MR) is 127 cm³/mol. The van der Waals surface area contributed by atoms with Crippen LogP contribution < -0.4 is 10.9 Å². The number of halogens is 3. The molecule has 1 amide bonds.